The van der Waals surface area contributed by atoms with Gasteiger partial charge in [0.15, 0.2) is 0 Å². The molecule has 0 fully saturated rings. The second-order valence-electron chi connectivity index (χ2n) is 0.730. The van der Waals surface area contributed by atoms with E-state index in [4.69, 9.17) is 32.5 Å². The quantitative estimate of drug-likeness (QED) is 0.220. The Balaban J connectivity index is -0.0000000383. The molecule has 0 bridgehead atoms. The number of carboxylic acid groups (broad SMARTS) is 2. The van der Waals surface area contributed by atoms with E-state index in [0.29, 0.717) is 0 Å². The van der Waals surface area contributed by atoms with Crippen LogP contribution in [-0.4, -0.2) is 33.9 Å². The van der Waals surface area contributed by atoms with Crippen LogP contribution in [0.1, 0.15) is 1.43 Å². The molecule has 4 N–H and O–H groups in total. The molecule has 0 aromatic rings. The Labute approximate surface area is 69.9 Å². The summed E-state index contributed by atoms with van der Waals surface area (Å²) < 4.78 is 31.6. The third kappa shape index (κ3) is 5090. The molecule has 0 radical (unpaired) electrons. The number of hydrogen-bond acceptors (Lipinski definition) is 3. The molecule has 10 heavy (non-hydrogen) atoms. The third-order valence-electron chi connectivity index (χ3n) is 0. The molecule has 0 heterocycles. The SMILES string of the molecule is O=C(O)O.O=S(=O)(O)O.[H-].[Li+]. The van der Waals surface area contributed by atoms with Gasteiger partial charge in [-0.1, -0.05) is 0 Å². The van der Waals surface area contributed by atoms with Crippen molar-refractivity contribution in [2.75, 3.05) is 0 Å². The van der Waals surface area contributed by atoms with Crippen molar-refractivity contribution < 1.29 is 52.8 Å². The van der Waals surface area contributed by atoms with Gasteiger partial charge in [0.25, 0.3) is 0 Å². The Bertz CT molecular complexity index is 161. The first-order valence-corrected chi connectivity index (χ1v) is 2.75. The Morgan fingerprint density at radius 3 is 1.20 bits per heavy atom. The van der Waals surface area contributed by atoms with Gasteiger partial charge in [0.2, 0.25) is 0 Å². The zero-order valence-electron chi connectivity index (χ0n) is 5.92. The second-order valence-corrected chi connectivity index (χ2v) is 1.63. The first-order valence-electron chi connectivity index (χ1n) is 1.35. The maximum absolute atomic E-state index is 8.74. The first-order chi connectivity index (χ1) is 3.73. The van der Waals surface area contributed by atoms with Crippen LogP contribution in [-0.2, 0) is 10.4 Å². The van der Waals surface area contributed by atoms with E-state index in [2.05, 4.69) is 0 Å². The third-order valence-corrected chi connectivity index (χ3v) is 0. The Kier molecular flexibility index (Phi) is 11.2. The minimum Gasteiger partial charge on any atom is -1.00 e. The van der Waals surface area contributed by atoms with E-state index >= 15 is 0 Å². The number of hydrogen-bond donors (Lipinski definition) is 4. The van der Waals surface area contributed by atoms with Crippen molar-refractivity contribution in [3.63, 3.8) is 0 Å². The summed E-state index contributed by atoms with van der Waals surface area (Å²) in [6.45, 7) is 0. The van der Waals surface area contributed by atoms with Gasteiger partial charge >= 0.3 is 35.4 Å². The van der Waals surface area contributed by atoms with Gasteiger partial charge in [0, 0.05) is 0 Å². The van der Waals surface area contributed by atoms with Gasteiger partial charge in [-0.2, -0.15) is 8.42 Å². The van der Waals surface area contributed by atoms with E-state index in [1.165, 1.54) is 0 Å². The molecule has 0 unspecified atom stereocenters. The molecule has 7 nitrogen and oxygen atoms in total. The number of rotatable bonds is 0. The van der Waals surface area contributed by atoms with Crippen molar-refractivity contribution in [2.24, 2.45) is 0 Å². The molecule has 0 aromatic carbocycles. The summed E-state index contributed by atoms with van der Waals surface area (Å²) in [4.78, 5) is 8.56. The summed E-state index contributed by atoms with van der Waals surface area (Å²) in [5, 5.41) is 13.9. The molecule has 0 rings (SSSR count). The van der Waals surface area contributed by atoms with Gasteiger partial charge in [-0.15, -0.1) is 0 Å². The van der Waals surface area contributed by atoms with Crippen LogP contribution in [0.25, 0.3) is 0 Å². The Morgan fingerprint density at radius 1 is 1.20 bits per heavy atom. The fourth-order valence-corrected chi connectivity index (χ4v) is 0. The van der Waals surface area contributed by atoms with Gasteiger partial charge in [-0.3, -0.25) is 9.11 Å². The largest absolute Gasteiger partial charge is 1.00 e. The molecule has 0 aliphatic rings. The fourth-order valence-electron chi connectivity index (χ4n) is 0. The van der Waals surface area contributed by atoms with Crippen LogP contribution in [0.2, 0.25) is 0 Å². The zero-order chi connectivity index (χ0) is 8.08. The van der Waals surface area contributed by atoms with Gasteiger partial charge < -0.3 is 11.6 Å². The minimum atomic E-state index is -4.67. The topological polar surface area (TPSA) is 132 Å². The van der Waals surface area contributed by atoms with Crippen molar-refractivity contribution in [3.8, 4) is 0 Å². The van der Waals surface area contributed by atoms with Gasteiger partial charge in [-0.25, -0.2) is 4.79 Å². The van der Waals surface area contributed by atoms with Crippen LogP contribution >= 0.6 is 0 Å². The van der Waals surface area contributed by atoms with Gasteiger partial charge in [0.05, 0.1) is 0 Å². The normalized spacial score (nSPS) is 8.20. The predicted octanol–water partition coefficient (Wildman–Crippen LogP) is -3.31. The molecule has 0 aliphatic carbocycles. The van der Waals surface area contributed by atoms with Crippen molar-refractivity contribution >= 4 is 16.6 Å². The molecule has 0 amide bonds. The van der Waals surface area contributed by atoms with Crippen molar-refractivity contribution in [1.82, 2.24) is 0 Å². The summed E-state index contributed by atoms with van der Waals surface area (Å²) >= 11 is 0. The summed E-state index contributed by atoms with van der Waals surface area (Å²) in [5.41, 5.74) is 0. The van der Waals surface area contributed by atoms with Crippen LogP contribution in [0.15, 0.2) is 0 Å². The monoisotopic (exact) mass is 168 g/mol. The minimum absolute atomic E-state index is 0. The molecule has 0 aromatic heterocycles. The van der Waals surface area contributed by atoms with E-state index in [-0.39, 0.29) is 20.3 Å². The van der Waals surface area contributed by atoms with E-state index in [1.54, 1.807) is 0 Å². The smallest absolute Gasteiger partial charge is 1.00 e. The summed E-state index contributed by atoms with van der Waals surface area (Å²) in [6.07, 6.45) is -1.83. The molecular weight excluding hydrogens is 163 g/mol. The molecule has 0 atom stereocenters. The van der Waals surface area contributed by atoms with Crippen molar-refractivity contribution in [1.29, 1.82) is 0 Å². The Hall–Kier alpha value is -0.263. The maximum Gasteiger partial charge on any atom is 1.00 e. The van der Waals surface area contributed by atoms with Crippen LogP contribution in [0.4, 0.5) is 4.79 Å². The standard InChI is InChI=1S/CH2O3.Li.H2O4S.H/c2-1(3)4;;1-5(2,3)4;/h(H2,2,3,4);;(H2,1,2,3,4);/q;+1;;-1. The van der Waals surface area contributed by atoms with Crippen LogP contribution in [0.5, 0.6) is 0 Å². The summed E-state index contributed by atoms with van der Waals surface area (Å²) in [5.74, 6) is 0. The van der Waals surface area contributed by atoms with Crippen LogP contribution in [0.3, 0.4) is 0 Å². The number of carbonyl (C=O) groups is 1. The predicted molar refractivity (Wildman–Crippen MR) is 25.9 cm³/mol. The van der Waals surface area contributed by atoms with E-state index in [0.717, 1.165) is 0 Å². The van der Waals surface area contributed by atoms with Crippen LogP contribution in [0, 0.1) is 0 Å². The maximum atomic E-state index is 8.74. The van der Waals surface area contributed by atoms with Gasteiger partial charge in [0.1, 0.15) is 0 Å². The average Bonchev–Trinajstić information content (AvgIpc) is 1.19. The first kappa shape index (κ1) is 16.4. The Morgan fingerprint density at radius 2 is 1.20 bits per heavy atom. The molecular formula is CH5LiO7S. The van der Waals surface area contributed by atoms with Crippen LogP contribution < -0.4 is 18.9 Å². The average molecular weight is 168 g/mol. The molecule has 0 aliphatic heterocycles. The van der Waals surface area contributed by atoms with Crippen molar-refractivity contribution in [3.05, 3.63) is 0 Å². The fraction of sp³-hybridized carbons (Fsp3) is 0. The van der Waals surface area contributed by atoms with Crippen molar-refractivity contribution in [2.45, 2.75) is 0 Å². The molecule has 58 valence electrons. The van der Waals surface area contributed by atoms with E-state index < -0.39 is 16.6 Å². The van der Waals surface area contributed by atoms with E-state index in [1.807, 2.05) is 0 Å². The summed E-state index contributed by atoms with van der Waals surface area (Å²) in [7, 11) is -4.67. The molecule has 0 saturated heterocycles. The second kappa shape index (κ2) is 6.85. The molecule has 0 saturated carbocycles. The molecule has 0 spiro atoms. The van der Waals surface area contributed by atoms with Gasteiger partial charge in [-0.05, 0) is 0 Å². The summed E-state index contributed by atoms with van der Waals surface area (Å²) in [6, 6.07) is 0. The zero-order valence-corrected chi connectivity index (χ0v) is 5.74. The molecule has 9 heteroatoms. The van der Waals surface area contributed by atoms with E-state index in [9.17, 15) is 0 Å².